The molecule has 0 aliphatic heterocycles. The van der Waals surface area contributed by atoms with Gasteiger partial charge in [0.25, 0.3) is 0 Å². The zero-order chi connectivity index (χ0) is 22.9. The molecule has 0 aliphatic carbocycles. The van der Waals surface area contributed by atoms with E-state index in [4.69, 9.17) is 9.84 Å². The predicted molar refractivity (Wildman–Crippen MR) is 124 cm³/mol. The van der Waals surface area contributed by atoms with Crippen LogP contribution >= 0.6 is 0 Å². The Kier molecular flexibility index (Phi) is 13.8. The molecule has 2 aromatic carbocycles. The normalized spacial score (nSPS) is 12.3. The summed E-state index contributed by atoms with van der Waals surface area (Å²) >= 11 is 0. The Hall–Kier alpha value is -2.54. The van der Waals surface area contributed by atoms with E-state index in [-0.39, 0.29) is 0 Å². The summed E-state index contributed by atoms with van der Waals surface area (Å²) in [6, 6.07) is 15.3. The summed E-state index contributed by atoms with van der Waals surface area (Å²) in [4.78, 5) is 20.5. The third-order valence-electron chi connectivity index (χ3n) is 4.89. The largest absolute Gasteiger partial charge is 0.389 e. The molecule has 6 nitrogen and oxygen atoms in total. The highest BCUT2D eigenvalue weighted by Crippen LogP contribution is 2.11. The quantitative estimate of drug-likeness (QED) is 0.336. The zero-order valence-electron chi connectivity index (χ0n) is 18.8. The fourth-order valence-corrected chi connectivity index (χ4v) is 2.96. The molecule has 0 spiro atoms. The maximum atomic E-state index is 10.2. The molecule has 3 N–H and O–H groups in total. The first-order valence-electron chi connectivity index (χ1n) is 10.7. The molecule has 0 aromatic heterocycles. The predicted octanol–water partition coefficient (Wildman–Crippen LogP) is 3.43. The summed E-state index contributed by atoms with van der Waals surface area (Å²) in [5.74, 6) is 0.533. The van der Waals surface area contributed by atoms with E-state index in [0.29, 0.717) is 18.1 Å². The number of hydrogen-bond donors (Lipinski definition) is 3. The second-order valence-electron chi connectivity index (χ2n) is 7.57. The van der Waals surface area contributed by atoms with Gasteiger partial charge in [-0.3, -0.25) is 9.59 Å². The van der Waals surface area contributed by atoms with Gasteiger partial charge < -0.3 is 20.5 Å². The molecule has 6 heteroatoms. The topological polar surface area (TPSA) is 87.7 Å². The third-order valence-corrected chi connectivity index (χ3v) is 4.89. The van der Waals surface area contributed by atoms with Crippen molar-refractivity contribution in [2.24, 2.45) is 5.92 Å². The van der Waals surface area contributed by atoms with Crippen LogP contribution in [-0.2, 0) is 16.1 Å². The molecule has 170 valence electrons. The molecule has 0 saturated carbocycles. The van der Waals surface area contributed by atoms with Crippen LogP contribution in [0.5, 0.6) is 0 Å². The number of carbonyl (C=O) groups excluding carboxylic acids is 2. The van der Waals surface area contributed by atoms with Gasteiger partial charge in [-0.05, 0) is 57.3 Å². The van der Waals surface area contributed by atoms with Crippen molar-refractivity contribution < 1.29 is 19.4 Å². The van der Waals surface area contributed by atoms with E-state index in [9.17, 15) is 9.59 Å². The number of aliphatic hydroxyl groups excluding tert-OH is 1. The summed E-state index contributed by atoms with van der Waals surface area (Å²) in [6.07, 6.45) is 3.06. The van der Waals surface area contributed by atoms with Crippen LogP contribution in [0.2, 0.25) is 0 Å². The molecule has 0 radical (unpaired) electrons. The van der Waals surface area contributed by atoms with Crippen LogP contribution in [-0.4, -0.2) is 44.5 Å². The summed E-state index contributed by atoms with van der Waals surface area (Å²) in [5, 5.41) is 15.0. The molecule has 31 heavy (non-hydrogen) atoms. The van der Waals surface area contributed by atoms with E-state index in [1.807, 2.05) is 7.05 Å². The van der Waals surface area contributed by atoms with Gasteiger partial charge in [0.15, 0.2) is 0 Å². The molecule has 2 atom stereocenters. The standard InChI is InChI=1S/C16H26N2O2.C9H10O2/c1-14-3-5-16(6-4-14)12-20-10-8-15(11-17-2)7-9-18-13-19;1-7(11)9-4-2-8(6-10)3-5-9/h3-6,13,15,17H,7-12H2,1-2H3,(H,18,19);2-7,11H,1H3. The first kappa shape index (κ1) is 26.5. The number of carbonyl (C=O) groups is 2. The van der Waals surface area contributed by atoms with Gasteiger partial charge in [-0.15, -0.1) is 0 Å². The highest BCUT2D eigenvalue weighted by molar-refractivity contribution is 5.74. The van der Waals surface area contributed by atoms with E-state index < -0.39 is 6.10 Å². The van der Waals surface area contributed by atoms with Crippen LogP contribution in [0.25, 0.3) is 0 Å². The zero-order valence-corrected chi connectivity index (χ0v) is 18.8. The first-order valence-corrected chi connectivity index (χ1v) is 10.7. The fraction of sp³-hybridized carbons (Fsp3) is 0.440. The van der Waals surface area contributed by atoms with Crippen molar-refractivity contribution in [3.05, 3.63) is 70.8 Å². The maximum absolute atomic E-state index is 10.2. The van der Waals surface area contributed by atoms with Crippen LogP contribution in [0.15, 0.2) is 48.5 Å². The monoisotopic (exact) mass is 428 g/mol. The minimum Gasteiger partial charge on any atom is -0.389 e. The average Bonchev–Trinajstić information content (AvgIpc) is 2.78. The average molecular weight is 429 g/mol. The Balaban J connectivity index is 0.000000367. The van der Waals surface area contributed by atoms with Crippen molar-refractivity contribution in [1.82, 2.24) is 10.6 Å². The number of aryl methyl sites for hydroxylation is 1. The molecular weight excluding hydrogens is 392 g/mol. The van der Waals surface area contributed by atoms with Gasteiger partial charge in [0, 0.05) is 18.7 Å². The van der Waals surface area contributed by atoms with E-state index in [2.05, 4.69) is 41.8 Å². The Morgan fingerprint density at radius 2 is 1.71 bits per heavy atom. The summed E-state index contributed by atoms with van der Waals surface area (Å²) in [5.41, 5.74) is 3.94. The van der Waals surface area contributed by atoms with Crippen molar-refractivity contribution >= 4 is 12.7 Å². The summed E-state index contributed by atoms with van der Waals surface area (Å²) < 4.78 is 5.72. The second-order valence-corrected chi connectivity index (χ2v) is 7.57. The Morgan fingerprint density at radius 1 is 1.03 bits per heavy atom. The second kappa shape index (κ2) is 16.2. The molecule has 0 aliphatic rings. The number of amides is 1. The fourth-order valence-electron chi connectivity index (χ4n) is 2.96. The highest BCUT2D eigenvalue weighted by atomic mass is 16.5. The molecule has 1 amide bonds. The summed E-state index contributed by atoms with van der Waals surface area (Å²) in [7, 11) is 1.95. The number of ether oxygens (including phenoxy) is 1. The molecule has 0 fully saturated rings. The van der Waals surface area contributed by atoms with Crippen molar-refractivity contribution in [2.75, 3.05) is 26.7 Å². The molecule has 2 unspecified atom stereocenters. The molecule has 2 rings (SSSR count). The van der Waals surface area contributed by atoms with E-state index in [0.717, 1.165) is 50.8 Å². The van der Waals surface area contributed by atoms with Crippen LogP contribution in [0.4, 0.5) is 0 Å². The van der Waals surface area contributed by atoms with Crippen LogP contribution in [0, 0.1) is 12.8 Å². The third kappa shape index (κ3) is 12.0. The van der Waals surface area contributed by atoms with Crippen molar-refractivity contribution in [3.8, 4) is 0 Å². The van der Waals surface area contributed by atoms with Crippen molar-refractivity contribution in [1.29, 1.82) is 0 Å². The Bertz CT molecular complexity index is 730. The highest BCUT2D eigenvalue weighted by Gasteiger charge is 2.07. The van der Waals surface area contributed by atoms with Crippen LogP contribution < -0.4 is 10.6 Å². The first-order chi connectivity index (χ1) is 15.0. The van der Waals surface area contributed by atoms with Gasteiger partial charge in [-0.25, -0.2) is 0 Å². The lowest BCUT2D eigenvalue weighted by molar-refractivity contribution is -0.109. The molecule has 0 heterocycles. The number of aldehydes is 1. The van der Waals surface area contributed by atoms with Gasteiger partial charge in [0.05, 0.1) is 12.7 Å². The van der Waals surface area contributed by atoms with Crippen LogP contribution in [0.1, 0.15) is 52.9 Å². The minimum atomic E-state index is -0.462. The van der Waals surface area contributed by atoms with Gasteiger partial charge in [0.1, 0.15) is 6.29 Å². The van der Waals surface area contributed by atoms with Gasteiger partial charge in [0.2, 0.25) is 6.41 Å². The van der Waals surface area contributed by atoms with Crippen LogP contribution in [0.3, 0.4) is 0 Å². The molecule has 0 bridgehead atoms. The van der Waals surface area contributed by atoms with E-state index in [1.165, 1.54) is 11.1 Å². The number of rotatable bonds is 13. The van der Waals surface area contributed by atoms with Crippen molar-refractivity contribution in [3.63, 3.8) is 0 Å². The Labute approximate surface area is 186 Å². The lowest BCUT2D eigenvalue weighted by Gasteiger charge is -2.16. The molecular formula is C25H36N2O4. The maximum Gasteiger partial charge on any atom is 0.207 e. The number of benzene rings is 2. The lowest BCUT2D eigenvalue weighted by Crippen LogP contribution is -2.24. The lowest BCUT2D eigenvalue weighted by atomic mass is 10.0. The van der Waals surface area contributed by atoms with E-state index >= 15 is 0 Å². The molecule has 2 aromatic rings. The van der Waals surface area contributed by atoms with Crippen molar-refractivity contribution in [2.45, 2.75) is 39.4 Å². The number of aliphatic hydroxyl groups is 1. The number of hydrogen-bond acceptors (Lipinski definition) is 5. The SMILES string of the molecule is CC(O)c1ccc(C=O)cc1.CNCC(CCNC=O)CCOCc1ccc(C)cc1. The summed E-state index contributed by atoms with van der Waals surface area (Å²) in [6.45, 7) is 6.87. The van der Waals surface area contributed by atoms with Gasteiger partial charge >= 0.3 is 0 Å². The Morgan fingerprint density at radius 3 is 2.26 bits per heavy atom. The van der Waals surface area contributed by atoms with Gasteiger partial charge in [-0.2, -0.15) is 0 Å². The van der Waals surface area contributed by atoms with Gasteiger partial charge in [-0.1, -0.05) is 54.1 Å². The number of nitrogens with one attached hydrogen (secondary N) is 2. The minimum absolute atomic E-state index is 0.462. The van der Waals surface area contributed by atoms with E-state index in [1.54, 1.807) is 31.2 Å². The molecule has 0 saturated heterocycles. The smallest absolute Gasteiger partial charge is 0.207 e.